The summed E-state index contributed by atoms with van der Waals surface area (Å²) >= 11 is 0. The Hall–Kier alpha value is -3.10. The van der Waals surface area contributed by atoms with Gasteiger partial charge in [-0.1, -0.05) is 0 Å². The molecule has 34 heavy (non-hydrogen) atoms. The van der Waals surface area contributed by atoms with Crippen LogP contribution in [0.2, 0.25) is 0 Å². The molecular formula is C24H24Cl2N4O4. The fraction of sp³-hybridized carbons (Fsp3) is 0.333. The summed E-state index contributed by atoms with van der Waals surface area (Å²) in [5, 5.41) is 1.90. The number of nitrogens with zero attached hydrogens (tertiary/aromatic N) is 4. The number of hydrogen-bond donors (Lipinski definition) is 0. The minimum absolute atomic E-state index is 0. The molecule has 10 heteroatoms. The molecule has 4 aromatic rings. The average molecular weight is 503 g/mol. The zero-order chi connectivity index (χ0) is 22.0. The van der Waals surface area contributed by atoms with Crippen molar-refractivity contribution in [1.82, 2.24) is 9.80 Å². The Morgan fingerprint density at radius 3 is 1.47 bits per heavy atom. The van der Waals surface area contributed by atoms with E-state index in [1.807, 2.05) is 14.1 Å². The van der Waals surface area contributed by atoms with E-state index in [1.165, 1.54) is 0 Å². The van der Waals surface area contributed by atoms with Gasteiger partial charge >= 0.3 is 11.3 Å². The van der Waals surface area contributed by atoms with Crippen LogP contribution in [0.25, 0.3) is 32.7 Å². The quantitative estimate of drug-likeness (QED) is 0.287. The van der Waals surface area contributed by atoms with Gasteiger partial charge in [0.05, 0.1) is 22.1 Å². The highest BCUT2D eigenvalue weighted by molar-refractivity contribution is 6.20. The summed E-state index contributed by atoms with van der Waals surface area (Å²) in [6.07, 6.45) is 3.84. The topological polar surface area (TPSA) is 91.6 Å². The third kappa shape index (κ3) is 3.80. The molecule has 4 heterocycles. The number of rotatable bonds is 2. The van der Waals surface area contributed by atoms with Crippen molar-refractivity contribution in [2.24, 2.45) is 9.98 Å². The van der Waals surface area contributed by atoms with Crippen LogP contribution in [0.3, 0.4) is 0 Å². The number of amidine groups is 2. The molecular weight excluding hydrogens is 479 g/mol. The second-order valence-electron chi connectivity index (χ2n) is 8.62. The van der Waals surface area contributed by atoms with Crippen LogP contribution in [0, 0.1) is 0 Å². The van der Waals surface area contributed by atoms with E-state index in [2.05, 4.69) is 9.80 Å². The lowest BCUT2D eigenvalue weighted by Gasteiger charge is -2.13. The molecule has 178 valence electrons. The van der Waals surface area contributed by atoms with Crippen LogP contribution in [0.4, 0.5) is 11.4 Å². The summed E-state index contributed by atoms with van der Waals surface area (Å²) in [4.78, 5) is 39.4. The zero-order valence-corrected chi connectivity index (χ0v) is 20.4. The first kappa shape index (κ1) is 24.0. The van der Waals surface area contributed by atoms with Crippen LogP contribution in [0.5, 0.6) is 0 Å². The predicted molar refractivity (Wildman–Crippen MR) is 140 cm³/mol. The van der Waals surface area contributed by atoms with E-state index in [0.29, 0.717) is 44.1 Å². The monoisotopic (exact) mass is 502 g/mol. The molecule has 0 unspecified atom stereocenters. The van der Waals surface area contributed by atoms with E-state index in [0.717, 1.165) is 50.4 Å². The Morgan fingerprint density at radius 1 is 0.706 bits per heavy atom. The van der Waals surface area contributed by atoms with Crippen LogP contribution in [0.1, 0.15) is 25.7 Å². The third-order valence-corrected chi connectivity index (χ3v) is 6.45. The fourth-order valence-electron chi connectivity index (χ4n) is 4.81. The van der Waals surface area contributed by atoms with Gasteiger partial charge in [0.25, 0.3) is 0 Å². The molecule has 0 spiro atoms. The lowest BCUT2D eigenvalue weighted by atomic mass is 10.0. The Labute approximate surface area is 207 Å². The van der Waals surface area contributed by atoms with E-state index >= 15 is 0 Å². The molecule has 2 aliphatic rings. The minimum atomic E-state index is -0.484. The summed E-state index contributed by atoms with van der Waals surface area (Å²) in [5.74, 6) is 1.90. The molecule has 0 aliphatic carbocycles. The molecule has 6 rings (SSSR count). The normalized spacial score (nSPS) is 18.5. The van der Waals surface area contributed by atoms with Crippen molar-refractivity contribution in [2.75, 3.05) is 27.2 Å². The van der Waals surface area contributed by atoms with Gasteiger partial charge in [0.2, 0.25) is 0 Å². The number of halogens is 2. The van der Waals surface area contributed by atoms with Gasteiger partial charge in [-0.05, 0) is 25.0 Å². The molecule has 2 saturated heterocycles. The molecule has 0 bridgehead atoms. The molecule has 0 radical (unpaired) electrons. The number of benzene rings is 2. The van der Waals surface area contributed by atoms with Crippen molar-refractivity contribution in [2.45, 2.75) is 25.7 Å². The van der Waals surface area contributed by atoms with Gasteiger partial charge in [-0.3, -0.25) is 0 Å². The van der Waals surface area contributed by atoms with Crippen molar-refractivity contribution in [3.8, 4) is 0 Å². The first-order chi connectivity index (χ1) is 15.5. The summed E-state index contributed by atoms with van der Waals surface area (Å²) in [6.45, 7) is 1.90. The van der Waals surface area contributed by atoms with E-state index in [9.17, 15) is 9.59 Å². The Morgan fingerprint density at radius 2 is 1.12 bits per heavy atom. The Balaban J connectivity index is 0.00000137. The Kier molecular flexibility index (Phi) is 6.31. The van der Waals surface area contributed by atoms with Gasteiger partial charge in [0.15, 0.2) is 0 Å². The molecule has 0 saturated carbocycles. The van der Waals surface area contributed by atoms with Crippen LogP contribution >= 0.6 is 24.8 Å². The molecule has 2 fully saturated rings. The van der Waals surface area contributed by atoms with E-state index < -0.39 is 11.3 Å². The SMILES string of the molecule is CN1CCCC1=Nc1cc2oc(=O)c3cc(N=C4CCCN4C)cc4oc(=O)c(c1)c2c43.Cl.Cl. The fourth-order valence-corrected chi connectivity index (χ4v) is 4.81. The van der Waals surface area contributed by atoms with Gasteiger partial charge in [-0.2, -0.15) is 0 Å². The van der Waals surface area contributed by atoms with E-state index in [4.69, 9.17) is 18.8 Å². The zero-order valence-electron chi connectivity index (χ0n) is 18.8. The highest BCUT2D eigenvalue weighted by Gasteiger charge is 2.21. The minimum Gasteiger partial charge on any atom is -0.422 e. The molecule has 2 aromatic carbocycles. The van der Waals surface area contributed by atoms with Gasteiger partial charge < -0.3 is 18.6 Å². The molecule has 0 amide bonds. The van der Waals surface area contributed by atoms with Crippen LogP contribution in [-0.2, 0) is 0 Å². The summed E-state index contributed by atoms with van der Waals surface area (Å²) in [6, 6.07) is 6.88. The summed E-state index contributed by atoms with van der Waals surface area (Å²) in [5.41, 5.74) is 0.863. The lowest BCUT2D eigenvalue weighted by molar-refractivity contribution is 0.549. The summed E-state index contributed by atoms with van der Waals surface area (Å²) in [7, 11) is 3.99. The number of aliphatic imine (C=N–C) groups is 2. The standard InChI is InChI=1S/C24H22N4O4.2ClH/c1-27-7-3-5-19(27)25-13-9-15-21-17(11-13)31-24(30)16-10-14(26-20-6-4-8-28(20)2)12-18(22(16)21)32-23(15)29;;/h9-12H,3-8H2,1-2H3;2*1H. The first-order valence-corrected chi connectivity index (χ1v) is 10.9. The lowest BCUT2D eigenvalue weighted by Crippen LogP contribution is -2.18. The second-order valence-corrected chi connectivity index (χ2v) is 8.62. The van der Waals surface area contributed by atoms with Crippen molar-refractivity contribution in [3.05, 3.63) is 45.1 Å². The summed E-state index contributed by atoms with van der Waals surface area (Å²) < 4.78 is 11.3. The van der Waals surface area contributed by atoms with Crippen molar-refractivity contribution >= 4 is 80.6 Å². The molecule has 0 atom stereocenters. The Bertz CT molecular complexity index is 1460. The molecule has 2 aliphatic heterocycles. The maximum Gasteiger partial charge on any atom is 0.344 e. The van der Waals surface area contributed by atoms with Gasteiger partial charge in [-0.25, -0.2) is 19.6 Å². The van der Waals surface area contributed by atoms with Crippen LogP contribution in [-0.4, -0.2) is 48.7 Å². The molecule has 2 aromatic heterocycles. The van der Waals surface area contributed by atoms with Crippen molar-refractivity contribution in [1.29, 1.82) is 0 Å². The largest absolute Gasteiger partial charge is 0.422 e. The van der Waals surface area contributed by atoms with Gasteiger partial charge in [0, 0.05) is 62.9 Å². The van der Waals surface area contributed by atoms with E-state index in [1.54, 1.807) is 24.3 Å². The maximum atomic E-state index is 12.9. The third-order valence-electron chi connectivity index (χ3n) is 6.45. The molecule has 8 nitrogen and oxygen atoms in total. The average Bonchev–Trinajstić information content (AvgIpc) is 3.35. The van der Waals surface area contributed by atoms with Crippen LogP contribution < -0.4 is 11.3 Å². The smallest absolute Gasteiger partial charge is 0.344 e. The first-order valence-electron chi connectivity index (χ1n) is 10.9. The van der Waals surface area contributed by atoms with Crippen LogP contribution in [0.15, 0.2) is 52.7 Å². The van der Waals surface area contributed by atoms with Crippen molar-refractivity contribution in [3.63, 3.8) is 0 Å². The highest BCUT2D eigenvalue weighted by atomic mass is 35.5. The number of hydrogen-bond acceptors (Lipinski definition) is 6. The number of likely N-dealkylation sites (tertiary alicyclic amines) is 2. The second kappa shape index (κ2) is 8.92. The van der Waals surface area contributed by atoms with Gasteiger partial charge in [0.1, 0.15) is 22.8 Å². The highest BCUT2D eigenvalue weighted by Crippen LogP contribution is 2.36. The predicted octanol–water partition coefficient (Wildman–Crippen LogP) is 4.85. The maximum absolute atomic E-state index is 12.9. The molecule has 0 N–H and O–H groups in total. The van der Waals surface area contributed by atoms with Crippen molar-refractivity contribution < 1.29 is 8.83 Å². The van der Waals surface area contributed by atoms with Gasteiger partial charge in [-0.15, -0.1) is 24.8 Å². The van der Waals surface area contributed by atoms with E-state index in [-0.39, 0.29) is 24.8 Å².